The van der Waals surface area contributed by atoms with E-state index in [9.17, 15) is 4.79 Å². The molecule has 1 aromatic heterocycles. The number of hydrogen-bond acceptors (Lipinski definition) is 3. The van der Waals surface area contributed by atoms with Crippen LogP contribution < -0.4 is 0 Å². The standard InChI is InChI=1S/C22H22Cl2N2O2/c1-14-12-26(15(2)11-25(14)13-16-3-5-18(23)6-4-16)22(27)21-10-17-9-19(24)7-8-20(17)28-21/h3-10,14-15H,11-13H2,1-2H3/t14-,15+/m1/s1. The van der Waals surface area contributed by atoms with Crippen LogP contribution in [0.15, 0.2) is 52.9 Å². The maximum atomic E-state index is 13.1. The number of hydrogen-bond donors (Lipinski definition) is 0. The average Bonchev–Trinajstić information content (AvgIpc) is 3.09. The van der Waals surface area contributed by atoms with Gasteiger partial charge >= 0.3 is 0 Å². The lowest BCUT2D eigenvalue weighted by Crippen LogP contribution is -2.57. The molecule has 1 fully saturated rings. The van der Waals surface area contributed by atoms with Crippen molar-refractivity contribution in [3.63, 3.8) is 0 Å². The third-order valence-electron chi connectivity index (χ3n) is 5.36. The van der Waals surface area contributed by atoms with E-state index in [-0.39, 0.29) is 18.0 Å². The zero-order valence-electron chi connectivity index (χ0n) is 15.9. The monoisotopic (exact) mass is 416 g/mol. The zero-order chi connectivity index (χ0) is 19.8. The predicted molar refractivity (Wildman–Crippen MR) is 113 cm³/mol. The molecule has 2 heterocycles. The van der Waals surface area contributed by atoms with Crippen molar-refractivity contribution >= 4 is 40.1 Å². The molecule has 3 aromatic rings. The van der Waals surface area contributed by atoms with Crippen molar-refractivity contribution in [2.75, 3.05) is 13.1 Å². The summed E-state index contributed by atoms with van der Waals surface area (Å²) in [7, 11) is 0. The molecule has 1 aliphatic heterocycles. The van der Waals surface area contributed by atoms with Gasteiger partial charge in [-0.2, -0.15) is 0 Å². The molecule has 0 N–H and O–H groups in total. The fraction of sp³-hybridized carbons (Fsp3) is 0.318. The summed E-state index contributed by atoms with van der Waals surface area (Å²) >= 11 is 12.0. The Morgan fingerprint density at radius 1 is 1.00 bits per heavy atom. The Labute approximate surface area is 174 Å². The number of rotatable bonds is 3. The fourth-order valence-electron chi connectivity index (χ4n) is 3.79. The molecule has 0 aliphatic carbocycles. The van der Waals surface area contributed by atoms with E-state index in [2.05, 4.69) is 30.9 Å². The molecule has 0 unspecified atom stereocenters. The van der Waals surface area contributed by atoms with Gasteiger partial charge in [-0.25, -0.2) is 0 Å². The quantitative estimate of drug-likeness (QED) is 0.567. The lowest BCUT2D eigenvalue weighted by atomic mass is 10.1. The zero-order valence-corrected chi connectivity index (χ0v) is 17.4. The molecular weight excluding hydrogens is 395 g/mol. The Morgan fingerprint density at radius 3 is 2.46 bits per heavy atom. The van der Waals surface area contributed by atoms with Crippen LogP contribution in [-0.2, 0) is 6.54 Å². The van der Waals surface area contributed by atoms with Crippen molar-refractivity contribution in [1.82, 2.24) is 9.80 Å². The molecule has 2 atom stereocenters. The number of furan rings is 1. The van der Waals surface area contributed by atoms with Gasteiger partial charge in [-0.3, -0.25) is 9.69 Å². The van der Waals surface area contributed by atoms with Crippen molar-refractivity contribution < 1.29 is 9.21 Å². The smallest absolute Gasteiger partial charge is 0.289 e. The minimum atomic E-state index is -0.0715. The summed E-state index contributed by atoms with van der Waals surface area (Å²) in [5, 5.41) is 2.22. The van der Waals surface area contributed by atoms with E-state index < -0.39 is 0 Å². The van der Waals surface area contributed by atoms with E-state index in [0.29, 0.717) is 22.9 Å². The normalized spacial score (nSPS) is 20.6. The maximum absolute atomic E-state index is 13.1. The number of carbonyl (C=O) groups excluding carboxylic acids is 1. The number of benzene rings is 2. The van der Waals surface area contributed by atoms with E-state index in [1.165, 1.54) is 5.56 Å². The lowest BCUT2D eigenvalue weighted by Gasteiger charge is -2.43. The van der Waals surface area contributed by atoms with Gasteiger partial charge in [0.05, 0.1) is 0 Å². The van der Waals surface area contributed by atoms with Crippen LogP contribution in [0.25, 0.3) is 11.0 Å². The molecule has 146 valence electrons. The first-order valence-corrected chi connectivity index (χ1v) is 10.1. The Bertz CT molecular complexity index is 999. The number of nitrogens with zero attached hydrogens (tertiary/aromatic N) is 2. The molecule has 28 heavy (non-hydrogen) atoms. The summed E-state index contributed by atoms with van der Waals surface area (Å²) in [4.78, 5) is 17.4. The van der Waals surface area contributed by atoms with Crippen LogP contribution >= 0.6 is 23.2 Å². The lowest BCUT2D eigenvalue weighted by molar-refractivity contribution is 0.0269. The average molecular weight is 417 g/mol. The fourth-order valence-corrected chi connectivity index (χ4v) is 4.09. The SMILES string of the molecule is C[C@@H]1CN(C(=O)c2cc3cc(Cl)ccc3o2)[C@@H](C)CN1Cc1ccc(Cl)cc1. The minimum absolute atomic E-state index is 0.0715. The van der Waals surface area contributed by atoms with Gasteiger partial charge in [0, 0.05) is 47.1 Å². The first-order chi connectivity index (χ1) is 13.4. The molecule has 0 bridgehead atoms. The van der Waals surface area contributed by atoms with Crippen molar-refractivity contribution in [2.45, 2.75) is 32.5 Å². The van der Waals surface area contributed by atoms with Crippen LogP contribution in [0.2, 0.25) is 10.0 Å². The Kier molecular flexibility index (Phi) is 5.37. The van der Waals surface area contributed by atoms with Crippen molar-refractivity contribution in [1.29, 1.82) is 0 Å². The van der Waals surface area contributed by atoms with Crippen LogP contribution in [0.3, 0.4) is 0 Å². The highest BCUT2D eigenvalue weighted by Crippen LogP contribution is 2.26. The summed E-state index contributed by atoms with van der Waals surface area (Å²) in [5.74, 6) is 0.292. The summed E-state index contributed by atoms with van der Waals surface area (Å²) in [6.07, 6.45) is 0. The second kappa shape index (κ2) is 7.78. The van der Waals surface area contributed by atoms with Crippen LogP contribution in [0, 0.1) is 0 Å². The van der Waals surface area contributed by atoms with E-state index in [1.807, 2.05) is 23.1 Å². The first kappa shape index (κ1) is 19.3. The molecule has 1 amide bonds. The summed E-state index contributed by atoms with van der Waals surface area (Å²) in [5.41, 5.74) is 1.90. The molecule has 2 aromatic carbocycles. The van der Waals surface area contributed by atoms with Gasteiger partial charge in [-0.15, -0.1) is 0 Å². The summed E-state index contributed by atoms with van der Waals surface area (Å²) < 4.78 is 5.78. The summed E-state index contributed by atoms with van der Waals surface area (Å²) in [6, 6.07) is 15.4. The molecule has 1 aliphatic rings. The predicted octanol–water partition coefficient (Wildman–Crippen LogP) is 5.47. The van der Waals surface area contributed by atoms with Gasteiger partial charge in [0.2, 0.25) is 0 Å². The van der Waals surface area contributed by atoms with Gasteiger partial charge < -0.3 is 9.32 Å². The van der Waals surface area contributed by atoms with Crippen LogP contribution in [0.4, 0.5) is 0 Å². The van der Waals surface area contributed by atoms with E-state index in [0.717, 1.165) is 23.5 Å². The van der Waals surface area contributed by atoms with Gasteiger partial charge in [-0.05, 0) is 55.8 Å². The Hall–Kier alpha value is -2.01. The topological polar surface area (TPSA) is 36.7 Å². The second-order valence-corrected chi connectivity index (χ2v) is 8.38. The molecule has 0 spiro atoms. The van der Waals surface area contributed by atoms with E-state index in [1.54, 1.807) is 18.2 Å². The number of halogens is 2. The van der Waals surface area contributed by atoms with E-state index in [4.69, 9.17) is 27.6 Å². The largest absolute Gasteiger partial charge is 0.451 e. The number of carbonyl (C=O) groups is 1. The Balaban J connectivity index is 1.48. The van der Waals surface area contributed by atoms with Gasteiger partial charge in [-0.1, -0.05) is 35.3 Å². The summed E-state index contributed by atoms with van der Waals surface area (Å²) in [6.45, 7) is 6.54. The van der Waals surface area contributed by atoms with Crippen LogP contribution in [-0.4, -0.2) is 40.9 Å². The third kappa shape index (κ3) is 3.90. The van der Waals surface area contributed by atoms with Gasteiger partial charge in [0.25, 0.3) is 5.91 Å². The highest BCUT2D eigenvalue weighted by atomic mass is 35.5. The number of piperazine rings is 1. The minimum Gasteiger partial charge on any atom is -0.451 e. The molecule has 4 nitrogen and oxygen atoms in total. The van der Waals surface area contributed by atoms with Gasteiger partial charge in [0.1, 0.15) is 5.58 Å². The van der Waals surface area contributed by atoms with Crippen LogP contribution in [0.1, 0.15) is 30.0 Å². The first-order valence-electron chi connectivity index (χ1n) is 9.39. The number of fused-ring (bicyclic) bond motifs is 1. The highest BCUT2D eigenvalue weighted by Gasteiger charge is 2.33. The molecule has 1 saturated heterocycles. The second-order valence-electron chi connectivity index (χ2n) is 7.50. The molecule has 4 rings (SSSR count). The van der Waals surface area contributed by atoms with Crippen molar-refractivity contribution in [3.05, 3.63) is 69.9 Å². The molecule has 0 saturated carbocycles. The number of amides is 1. The Morgan fingerprint density at radius 2 is 1.71 bits per heavy atom. The van der Waals surface area contributed by atoms with E-state index >= 15 is 0 Å². The molecular formula is C22H22Cl2N2O2. The van der Waals surface area contributed by atoms with Crippen molar-refractivity contribution in [2.24, 2.45) is 0 Å². The molecule has 0 radical (unpaired) electrons. The van der Waals surface area contributed by atoms with Crippen LogP contribution in [0.5, 0.6) is 0 Å². The molecule has 6 heteroatoms. The van der Waals surface area contributed by atoms with Crippen molar-refractivity contribution in [3.8, 4) is 0 Å². The highest BCUT2D eigenvalue weighted by molar-refractivity contribution is 6.31. The van der Waals surface area contributed by atoms with Gasteiger partial charge in [0.15, 0.2) is 5.76 Å². The maximum Gasteiger partial charge on any atom is 0.289 e. The third-order valence-corrected chi connectivity index (χ3v) is 5.85.